The molecule has 1 aliphatic rings. The van der Waals surface area contributed by atoms with E-state index in [1.807, 2.05) is 18.2 Å². The van der Waals surface area contributed by atoms with Gasteiger partial charge in [0.1, 0.15) is 0 Å². The summed E-state index contributed by atoms with van der Waals surface area (Å²) in [4.78, 5) is 0. The molecule has 0 saturated heterocycles. The Morgan fingerprint density at radius 1 is 1.15 bits per heavy atom. The van der Waals surface area contributed by atoms with Crippen molar-refractivity contribution in [2.24, 2.45) is 0 Å². The molecule has 5 nitrogen and oxygen atoms in total. The minimum absolute atomic E-state index is 0.0489. The van der Waals surface area contributed by atoms with Crippen LogP contribution in [-0.2, 0) is 9.47 Å². The number of likely N-dealkylation sites (N-methyl/N-ethyl adjacent to an activating group) is 1. The van der Waals surface area contributed by atoms with Crippen LogP contribution in [0, 0.1) is 0 Å². The van der Waals surface area contributed by atoms with Crippen molar-refractivity contribution < 1.29 is 18.9 Å². The molecule has 2 rings (SSSR count). The SMILES string of the molecule is CCNC(c1ccc2c(c1)OCCCO2)C(OC)OC. The molecular weight excluding hydrogens is 258 g/mol. The Morgan fingerprint density at radius 3 is 2.50 bits per heavy atom. The summed E-state index contributed by atoms with van der Waals surface area (Å²) in [6.07, 6.45) is 0.555. The molecular formula is C15H23NO4. The zero-order valence-corrected chi connectivity index (χ0v) is 12.3. The van der Waals surface area contributed by atoms with E-state index in [1.165, 1.54) is 0 Å². The largest absolute Gasteiger partial charge is 0.490 e. The number of ether oxygens (including phenoxy) is 4. The Balaban J connectivity index is 2.26. The monoisotopic (exact) mass is 281 g/mol. The highest BCUT2D eigenvalue weighted by atomic mass is 16.7. The van der Waals surface area contributed by atoms with Gasteiger partial charge in [0.05, 0.1) is 19.3 Å². The van der Waals surface area contributed by atoms with Crippen LogP contribution in [-0.4, -0.2) is 40.3 Å². The number of fused-ring (bicyclic) bond motifs is 1. The lowest BCUT2D eigenvalue weighted by atomic mass is 10.1. The van der Waals surface area contributed by atoms with Crippen LogP contribution in [0.5, 0.6) is 11.5 Å². The lowest BCUT2D eigenvalue weighted by Gasteiger charge is -2.26. The van der Waals surface area contributed by atoms with Gasteiger partial charge in [0.2, 0.25) is 0 Å². The van der Waals surface area contributed by atoms with Crippen molar-refractivity contribution in [3.63, 3.8) is 0 Å². The Labute approximate surface area is 120 Å². The maximum absolute atomic E-state index is 5.73. The number of methoxy groups -OCH3 is 2. The van der Waals surface area contributed by atoms with Gasteiger partial charge in [0.25, 0.3) is 0 Å². The van der Waals surface area contributed by atoms with Crippen molar-refractivity contribution in [1.82, 2.24) is 5.32 Å². The van der Waals surface area contributed by atoms with Gasteiger partial charge in [-0.05, 0) is 24.2 Å². The van der Waals surface area contributed by atoms with Gasteiger partial charge in [-0.3, -0.25) is 0 Å². The average molecular weight is 281 g/mol. The Bertz CT molecular complexity index is 420. The third-order valence-electron chi connectivity index (χ3n) is 3.29. The zero-order valence-electron chi connectivity index (χ0n) is 12.3. The first kappa shape index (κ1) is 15.1. The summed E-state index contributed by atoms with van der Waals surface area (Å²) in [5.41, 5.74) is 1.06. The van der Waals surface area contributed by atoms with E-state index in [2.05, 4.69) is 12.2 Å². The van der Waals surface area contributed by atoms with Crippen LogP contribution in [0.25, 0.3) is 0 Å². The zero-order chi connectivity index (χ0) is 14.4. The minimum Gasteiger partial charge on any atom is -0.490 e. The quantitative estimate of drug-likeness (QED) is 0.809. The fourth-order valence-electron chi connectivity index (χ4n) is 2.33. The normalized spacial score (nSPS) is 16.0. The lowest BCUT2D eigenvalue weighted by Crippen LogP contribution is -2.34. The first-order valence-corrected chi connectivity index (χ1v) is 6.98. The van der Waals surface area contributed by atoms with Crippen LogP contribution in [0.4, 0.5) is 0 Å². The third kappa shape index (κ3) is 3.42. The molecule has 0 aromatic heterocycles. The van der Waals surface area contributed by atoms with Gasteiger partial charge < -0.3 is 24.3 Å². The average Bonchev–Trinajstić information content (AvgIpc) is 2.72. The molecule has 1 aliphatic heterocycles. The standard InChI is InChI=1S/C15H23NO4/c1-4-16-14(15(17-2)18-3)11-6-7-12-13(10-11)20-9-5-8-19-12/h6-7,10,14-16H,4-5,8-9H2,1-3H3. The summed E-state index contributed by atoms with van der Waals surface area (Å²) >= 11 is 0. The van der Waals surface area contributed by atoms with E-state index in [0.29, 0.717) is 13.2 Å². The van der Waals surface area contributed by atoms with Crippen LogP contribution in [0.2, 0.25) is 0 Å². The number of hydrogen-bond acceptors (Lipinski definition) is 5. The van der Waals surface area contributed by atoms with E-state index in [-0.39, 0.29) is 12.3 Å². The van der Waals surface area contributed by atoms with E-state index >= 15 is 0 Å². The van der Waals surface area contributed by atoms with Gasteiger partial charge in [-0.15, -0.1) is 0 Å². The fourth-order valence-corrected chi connectivity index (χ4v) is 2.33. The Hall–Kier alpha value is -1.30. The number of hydrogen-bond donors (Lipinski definition) is 1. The summed E-state index contributed by atoms with van der Waals surface area (Å²) in [7, 11) is 3.28. The number of rotatable bonds is 6. The molecule has 1 heterocycles. The molecule has 0 saturated carbocycles. The summed E-state index contributed by atoms with van der Waals surface area (Å²) in [6.45, 7) is 4.25. The Kier molecular flexibility index (Phi) is 5.64. The minimum atomic E-state index is -0.348. The summed E-state index contributed by atoms with van der Waals surface area (Å²) in [5.74, 6) is 1.58. The summed E-state index contributed by atoms with van der Waals surface area (Å²) in [5, 5.41) is 3.38. The van der Waals surface area contributed by atoms with E-state index in [9.17, 15) is 0 Å². The maximum atomic E-state index is 5.73. The molecule has 0 bridgehead atoms. The molecule has 112 valence electrons. The number of benzene rings is 1. The van der Waals surface area contributed by atoms with Crippen molar-refractivity contribution in [1.29, 1.82) is 0 Å². The van der Waals surface area contributed by atoms with Gasteiger partial charge in [0.15, 0.2) is 17.8 Å². The predicted octanol–water partition coefficient (Wildman–Crippen LogP) is 2.12. The van der Waals surface area contributed by atoms with Crippen LogP contribution in [0.3, 0.4) is 0 Å². The first-order valence-electron chi connectivity index (χ1n) is 6.98. The molecule has 1 unspecified atom stereocenters. The second-order valence-electron chi connectivity index (χ2n) is 4.63. The summed E-state index contributed by atoms with van der Waals surface area (Å²) < 4.78 is 22.1. The number of nitrogens with one attached hydrogen (secondary N) is 1. The van der Waals surface area contributed by atoms with E-state index in [0.717, 1.165) is 30.0 Å². The molecule has 1 N–H and O–H groups in total. The molecule has 5 heteroatoms. The molecule has 0 amide bonds. The molecule has 0 fully saturated rings. The van der Waals surface area contributed by atoms with Crippen molar-refractivity contribution in [2.75, 3.05) is 34.0 Å². The highest BCUT2D eigenvalue weighted by Gasteiger charge is 2.23. The van der Waals surface area contributed by atoms with Crippen molar-refractivity contribution >= 4 is 0 Å². The Morgan fingerprint density at radius 2 is 1.85 bits per heavy atom. The highest BCUT2D eigenvalue weighted by Crippen LogP contribution is 2.33. The van der Waals surface area contributed by atoms with E-state index in [1.54, 1.807) is 14.2 Å². The molecule has 0 aliphatic carbocycles. The van der Waals surface area contributed by atoms with Crippen molar-refractivity contribution in [3.8, 4) is 11.5 Å². The van der Waals surface area contributed by atoms with Crippen molar-refractivity contribution in [2.45, 2.75) is 25.7 Å². The van der Waals surface area contributed by atoms with Crippen molar-refractivity contribution in [3.05, 3.63) is 23.8 Å². The van der Waals surface area contributed by atoms with Gasteiger partial charge in [-0.25, -0.2) is 0 Å². The van der Waals surface area contributed by atoms with Gasteiger partial charge in [-0.1, -0.05) is 13.0 Å². The topological polar surface area (TPSA) is 49.0 Å². The van der Waals surface area contributed by atoms with Crippen LogP contribution in [0.1, 0.15) is 24.9 Å². The molecule has 1 aromatic carbocycles. The molecule has 20 heavy (non-hydrogen) atoms. The maximum Gasteiger partial charge on any atom is 0.176 e. The van der Waals surface area contributed by atoms with E-state index in [4.69, 9.17) is 18.9 Å². The molecule has 1 atom stereocenters. The van der Waals surface area contributed by atoms with E-state index < -0.39 is 0 Å². The second-order valence-corrected chi connectivity index (χ2v) is 4.63. The second kappa shape index (κ2) is 7.47. The third-order valence-corrected chi connectivity index (χ3v) is 3.29. The van der Waals surface area contributed by atoms with Gasteiger partial charge in [0, 0.05) is 20.6 Å². The van der Waals surface area contributed by atoms with Crippen LogP contribution >= 0.6 is 0 Å². The first-order chi connectivity index (χ1) is 9.80. The van der Waals surface area contributed by atoms with Gasteiger partial charge >= 0.3 is 0 Å². The van der Waals surface area contributed by atoms with Crippen LogP contribution in [0.15, 0.2) is 18.2 Å². The summed E-state index contributed by atoms with van der Waals surface area (Å²) in [6, 6.07) is 5.92. The van der Waals surface area contributed by atoms with Gasteiger partial charge in [-0.2, -0.15) is 0 Å². The van der Waals surface area contributed by atoms with Crippen LogP contribution < -0.4 is 14.8 Å². The molecule has 0 radical (unpaired) electrons. The lowest BCUT2D eigenvalue weighted by molar-refractivity contribution is -0.123. The smallest absolute Gasteiger partial charge is 0.176 e. The highest BCUT2D eigenvalue weighted by molar-refractivity contribution is 5.44. The predicted molar refractivity (Wildman–Crippen MR) is 76.3 cm³/mol. The molecule has 1 aromatic rings. The molecule has 0 spiro atoms. The fraction of sp³-hybridized carbons (Fsp3) is 0.600.